The van der Waals surface area contributed by atoms with Gasteiger partial charge in [-0.2, -0.15) is 0 Å². The summed E-state index contributed by atoms with van der Waals surface area (Å²) >= 11 is 0. The summed E-state index contributed by atoms with van der Waals surface area (Å²) in [7, 11) is 1.72. The van der Waals surface area contributed by atoms with Crippen molar-refractivity contribution in [1.82, 2.24) is 0 Å². The summed E-state index contributed by atoms with van der Waals surface area (Å²) in [5, 5.41) is 0. The zero-order valence-corrected chi connectivity index (χ0v) is 8.38. The third-order valence-electron chi connectivity index (χ3n) is 3.33. The second-order valence-corrected chi connectivity index (χ2v) is 4.28. The van der Waals surface area contributed by atoms with E-state index < -0.39 is 0 Å². The van der Waals surface area contributed by atoms with Crippen molar-refractivity contribution in [2.24, 2.45) is 0 Å². The SMILES string of the molecule is COc1ccc2c(c1)CC1(CC2)CO1. The van der Waals surface area contributed by atoms with Crippen LogP contribution in [0.25, 0.3) is 0 Å². The topological polar surface area (TPSA) is 21.8 Å². The largest absolute Gasteiger partial charge is 0.497 e. The fraction of sp³-hybridized carbons (Fsp3) is 0.500. The maximum atomic E-state index is 5.53. The van der Waals surface area contributed by atoms with Crippen LogP contribution in [-0.2, 0) is 17.6 Å². The Labute approximate surface area is 83.8 Å². The van der Waals surface area contributed by atoms with Gasteiger partial charge in [-0.05, 0) is 36.1 Å². The van der Waals surface area contributed by atoms with E-state index in [4.69, 9.17) is 9.47 Å². The normalized spacial score (nSPS) is 28.6. The Morgan fingerprint density at radius 1 is 1.36 bits per heavy atom. The number of fused-ring (bicyclic) bond motifs is 1. The van der Waals surface area contributed by atoms with Crippen LogP contribution in [0.5, 0.6) is 5.75 Å². The predicted molar refractivity (Wildman–Crippen MR) is 53.7 cm³/mol. The molecule has 1 fully saturated rings. The van der Waals surface area contributed by atoms with Crippen LogP contribution in [0.4, 0.5) is 0 Å². The lowest BCUT2D eigenvalue weighted by Crippen LogP contribution is -2.22. The van der Waals surface area contributed by atoms with Gasteiger partial charge in [-0.25, -0.2) is 0 Å². The second kappa shape index (κ2) is 2.74. The van der Waals surface area contributed by atoms with Crippen LogP contribution in [0.3, 0.4) is 0 Å². The second-order valence-electron chi connectivity index (χ2n) is 4.28. The first-order valence-electron chi connectivity index (χ1n) is 5.11. The Kier molecular flexibility index (Phi) is 1.62. The van der Waals surface area contributed by atoms with Crippen LogP contribution >= 0.6 is 0 Å². The summed E-state index contributed by atoms with van der Waals surface area (Å²) < 4.78 is 10.8. The van der Waals surface area contributed by atoms with Crippen molar-refractivity contribution < 1.29 is 9.47 Å². The van der Waals surface area contributed by atoms with Crippen LogP contribution in [0, 0.1) is 0 Å². The lowest BCUT2D eigenvalue weighted by Gasteiger charge is -2.21. The highest BCUT2D eigenvalue weighted by atomic mass is 16.6. The van der Waals surface area contributed by atoms with Crippen molar-refractivity contribution in [3.8, 4) is 5.75 Å². The van der Waals surface area contributed by atoms with E-state index in [1.54, 1.807) is 7.11 Å². The molecule has 0 N–H and O–H groups in total. The molecular formula is C12H14O2. The molecule has 0 radical (unpaired) electrons. The number of hydrogen-bond acceptors (Lipinski definition) is 2. The monoisotopic (exact) mass is 190 g/mol. The first-order chi connectivity index (χ1) is 6.81. The fourth-order valence-electron chi connectivity index (χ4n) is 2.28. The van der Waals surface area contributed by atoms with Crippen molar-refractivity contribution in [2.75, 3.05) is 13.7 Å². The molecule has 0 aromatic heterocycles. The molecule has 3 rings (SSSR count). The number of benzene rings is 1. The smallest absolute Gasteiger partial charge is 0.119 e. The van der Waals surface area contributed by atoms with Crippen LogP contribution in [-0.4, -0.2) is 19.3 Å². The number of methoxy groups -OCH3 is 1. The molecule has 1 atom stereocenters. The van der Waals surface area contributed by atoms with E-state index in [-0.39, 0.29) is 5.60 Å². The average molecular weight is 190 g/mol. The van der Waals surface area contributed by atoms with E-state index in [1.165, 1.54) is 17.5 Å². The molecule has 74 valence electrons. The minimum Gasteiger partial charge on any atom is -0.497 e. The van der Waals surface area contributed by atoms with Crippen molar-refractivity contribution >= 4 is 0 Å². The maximum absolute atomic E-state index is 5.53. The molecule has 1 spiro atoms. The maximum Gasteiger partial charge on any atom is 0.119 e. The molecule has 0 bridgehead atoms. The number of ether oxygens (including phenoxy) is 2. The Morgan fingerprint density at radius 2 is 2.21 bits per heavy atom. The molecule has 1 aromatic carbocycles. The zero-order valence-electron chi connectivity index (χ0n) is 8.38. The van der Waals surface area contributed by atoms with E-state index in [0.29, 0.717) is 0 Å². The molecule has 1 aliphatic carbocycles. The number of rotatable bonds is 1. The molecule has 2 nitrogen and oxygen atoms in total. The van der Waals surface area contributed by atoms with E-state index >= 15 is 0 Å². The van der Waals surface area contributed by atoms with Crippen LogP contribution < -0.4 is 4.74 Å². The van der Waals surface area contributed by atoms with Crippen LogP contribution in [0.2, 0.25) is 0 Å². The van der Waals surface area contributed by atoms with Crippen molar-refractivity contribution in [1.29, 1.82) is 0 Å². The predicted octanol–water partition coefficient (Wildman–Crippen LogP) is 1.95. The summed E-state index contributed by atoms with van der Waals surface area (Å²) in [5.41, 5.74) is 3.08. The van der Waals surface area contributed by atoms with E-state index in [0.717, 1.165) is 25.2 Å². The van der Waals surface area contributed by atoms with Gasteiger partial charge in [0.1, 0.15) is 5.75 Å². The Bertz CT molecular complexity index is 367. The minimum absolute atomic E-state index is 0.208. The standard InChI is InChI=1S/C12H14O2/c1-13-11-3-2-9-4-5-12(8-14-12)7-10(9)6-11/h2-3,6H,4-5,7-8H2,1H3. The van der Waals surface area contributed by atoms with E-state index in [2.05, 4.69) is 12.1 Å². The molecule has 0 amide bonds. The summed E-state index contributed by atoms with van der Waals surface area (Å²) in [6, 6.07) is 6.38. The van der Waals surface area contributed by atoms with Crippen molar-refractivity contribution in [3.05, 3.63) is 29.3 Å². The summed E-state index contributed by atoms with van der Waals surface area (Å²) in [4.78, 5) is 0. The van der Waals surface area contributed by atoms with Crippen molar-refractivity contribution in [2.45, 2.75) is 24.9 Å². The molecule has 1 aliphatic heterocycles. The first kappa shape index (κ1) is 8.30. The number of hydrogen-bond donors (Lipinski definition) is 0. The van der Waals surface area contributed by atoms with Gasteiger partial charge in [-0.1, -0.05) is 6.07 Å². The van der Waals surface area contributed by atoms with Gasteiger partial charge in [-0.15, -0.1) is 0 Å². The minimum atomic E-state index is 0.208. The highest BCUT2D eigenvalue weighted by Gasteiger charge is 2.46. The van der Waals surface area contributed by atoms with Gasteiger partial charge in [0.2, 0.25) is 0 Å². The third-order valence-corrected chi connectivity index (χ3v) is 3.33. The zero-order chi connectivity index (χ0) is 9.60. The van der Waals surface area contributed by atoms with Crippen LogP contribution in [0.1, 0.15) is 17.5 Å². The molecule has 1 saturated heterocycles. The van der Waals surface area contributed by atoms with Gasteiger partial charge < -0.3 is 9.47 Å². The molecule has 1 heterocycles. The Morgan fingerprint density at radius 3 is 2.93 bits per heavy atom. The third kappa shape index (κ3) is 1.22. The van der Waals surface area contributed by atoms with Gasteiger partial charge in [-0.3, -0.25) is 0 Å². The van der Waals surface area contributed by atoms with E-state index in [9.17, 15) is 0 Å². The van der Waals surface area contributed by atoms with Gasteiger partial charge in [0.15, 0.2) is 0 Å². The van der Waals surface area contributed by atoms with Gasteiger partial charge in [0.05, 0.1) is 19.3 Å². The van der Waals surface area contributed by atoms with Gasteiger partial charge in [0.25, 0.3) is 0 Å². The Balaban J connectivity index is 1.97. The molecule has 2 aliphatic rings. The molecule has 2 heteroatoms. The van der Waals surface area contributed by atoms with Gasteiger partial charge in [0, 0.05) is 6.42 Å². The first-order valence-corrected chi connectivity index (χ1v) is 5.11. The quantitative estimate of drug-likeness (QED) is 0.631. The summed E-state index contributed by atoms with van der Waals surface area (Å²) in [6.07, 6.45) is 3.41. The number of epoxide rings is 1. The Hall–Kier alpha value is -1.02. The fourth-order valence-corrected chi connectivity index (χ4v) is 2.28. The lowest BCUT2D eigenvalue weighted by molar-refractivity contribution is 0.277. The molecule has 1 unspecified atom stereocenters. The van der Waals surface area contributed by atoms with Gasteiger partial charge >= 0.3 is 0 Å². The molecule has 14 heavy (non-hydrogen) atoms. The van der Waals surface area contributed by atoms with Crippen LogP contribution in [0.15, 0.2) is 18.2 Å². The average Bonchev–Trinajstić information content (AvgIpc) is 2.97. The summed E-state index contributed by atoms with van der Waals surface area (Å²) in [5.74, 6) is 0.960. The van der Waals surface area contributed by atoms with E-state index in [1.807, 2.05) is 6.07 Å². The highest BCUT2D eigenvalue weighted by Crippen LogP contribution is 2.41. The molecular weight excluding hydrogens is 176 g/mol. The van der Waals surface area contributed by atoms with Crippen molar-refractivity contribution in [3.63, 3.8) is 0 Å². The number of aryl methyl sites for hydroxylation is 1. The highest BCUT2D eigenvalue weighted by molar-refractivity contribution is 5.39. The lowest BCUT2D eigenvalue weighted by atomic mass is 9.84. The summed E-state index contributed by atoms with van der Waals surface area (Å²) in [6.45, 7) is 0.948. The molecule has 0 saturated carbocycles. The molecule has 1 aromatic rings.